The molecule has 2 saturated heterocycles. The van der Waals surface area contributed by atoms with Gasteiger partial charge in [0.05, 0.1) is 5.92 Å². The Bertz CT molecular complexity index is 976. The summed E-state index contributed by atoms with van der Waals surface area (Å²) < 4.78 is 35.3. The third kappa shape index (κ3) is 4.91. The molecule has 9 heteroatoms. The second-order valence-corrected chi connectivity index (χ2v) is 10.3. The summed E-state index contributed by atoms with van der Waals surface area (Å²) in [6.45, 7) is 5.75. The van der Waals surface area contributed by atoms with Gasteiger partial charge in [-0.15, -0.1) is 0 Å². The largest absolute Gasteiger partial charge is 0.649 e. The van der Waals surface area contributed by atoms with E-state index < -0.39 is 31.4 Å². The van der Waals surface area contributed by atoms with Gasteiger partial charge in [0.15, 0.2) is 0 Å². The van der Waals surface area contributed by atoms with Crippen LogP contribution < -0.4 is 9.05 Å². The molecule has 1 aliphatic carbocycles. The molecular weight excluding hydrogens is 433 g/mol. The highest BCUT2D eigenvalue weighted by Gasteiger charge is 2.59. The van der Waals surface area contributed by atoms with Gasteiger partial charge in [0.1, 0.15) is 17.1 Å². The zero-order chi connectivity index (χ0) is 22.9. The number of hydrogen-bond acceptors (Lipinski definition) is 7. The number of benzene rings is 2. The van der Waals surface area contributed by atoms with Crippen molar-refractivity contribution in [2.75, 3.05) is 6.54 Å². The highest BCUT2D eigenvalue weighted by molar-refractivity contribution is 7.50. The van der Waals surface area contributed by atoms with Crippen molar-refractivity contribution in [3.05, 3.63) is 60.7 Å². The molecule has 1 amide bonds. The molecule has 170 valence electrons. The van der Waals surface area contributed by atoms with Crippen LogP contribution in [0.4, 0.5) is 4.79 Å². The van der Waals surface area contributed by atoms with Gasteiger partial charge in [0.25, 0.3) is 0 Å². The predicted molar refractivity (Wildman–Crippen MR) is 116 cm³/mol. The Balaban J connectivity index is 1.48. The lowest BCUT2D eigenvalue weighted by Gasteiger charge is -2.35. The number of amides is 1. The Morgan fingerprint density at radius 2 is 1.47 bits per heavy atom. The normalized spacial score (nSPS) is 22.0. The number of phosphoric acid groups is 1. The molecule has 0 unspecified atom stereocenters. The van der Waals surface area contributed by atoms with Crippen molar-refractivity contribution >= 4 is 19.9 Å². The lowest BCUT2D eigenvalue weighted by Crippen LogP contribution is -2.46. The zero-order valence-electron chi connectivity index (χ0n) is 18.2. The molecule has 2 aromatic rings. The second kappa shape index (κ2) is 8.51. The van der Waals surface area contributed by atoms with Crippen LogP contribution in [0.5, 0.6) is 11.5 Å². The van der Waals surface area contributed by atoms with E-state index in [4.69, 9.17) is 18.3 Å². The maximum atomic E-state index is 13.5. The van der Waals surface area contributed by atoms with Crippen LogP contribution in [0.2, 0.25) is 0 Å². The minimum absolute atomic E-state index is 0.0816. The average molecular weight is 459 g/mol. The number of para-hydroxylation sites is 2. The molecule has 3 aliphatic rings. The fraction of sp³-hybridized carbons (Fsp3) is 0.391. The maximum Gasteiger partial charge on any atom is 0.649 e. The van der Waals surface area contributed by atoms with Crippen molar-refractivity contribution in [3.63, 3.8) is 0 Å². The molecule has 3 atom stereocenters. The van der Waals surface area contributed by atoms with Gasteiger partial charge in [-0.1, -0.05) is 36.4 Å². The molecule has 0 spiro atoms. The Morgan fingerprint density at radius 1 is 0.938 bits per heavy atom. The Hall–Kier alpha value is -2.99. The number of hydrogen-bond donors (Lipinski definition) is 0. The van der Waals surface area contributed by atoms with Crippen LogP contribution in [-0.2, 0) is 18.6 Å². The predicted octanol–water partition coefficient (Wildman–Crippen LogP) is 5.05. The van der Waals surface area contributed by atoms with E-state index in [1.165, 1.54) is 0 Å². The summed E-state index contributed by atoms with van der Waals surface area (Å²) in [5, 5.41) is 0. The van der Waals surface area contributed by atoms with E-state index in [1.54, 1.807) is 86.3 Å². The van der Waals surface area contributed by atoms with Gasteiger partial charge in [0, 0.05) is 12.6 Å². The van der Waals surface area contributed by atoms with Crippen molar-refractivity contribution in [2.24, 2.45) is 11.8 Å². The van der Waals surface area contributed by atoms with E-state index >= 15 is 0 Å². The van der Waals surface area contributed by atoms with Crippen molar-refractivity contribution in [3.8, 4) is 11.5 Å². The van der Waals surface area contributed by atoms with E-state index in [2.05, 4.69) is 0 Å². The number of phosphoric ester groups is 1. The Kier molecular flexibility index (Phi) is 5.91. The third-order valence-corrected chi connectivity index (χ3v) is 6.59. The summed E-state index contributed by atoms with van der Waals surface area (Å²) in [6, 6.07) is 16.4. The van der Waals surface area contributed by atoms with Crippen molar-refractivity contribution < 1.29 is 32.5 Å². The van der Waals surface area contributed by atoms with E-state index in [0.29, 0.717) is 13.0 Å². The highest BCUT2D eigenvalue weighted by atomic mass is 31.2. The summed E-state index contributed by atoms with van der Waals surface area (Å²) in [5.41, 5.74) is -0.636. The SMILES string of the molecule is CC(C)(C)OC(=O)N1C[C@@H]2C[C@H]1[C@@H]2C(=O)OP(=O)(Oc1ccccc1)Oc1ccccc1. The lowest BCUT2D eigenvalue weighted by molar-refractivity contribution is -0.145. The third-order valence-electron chi connectivity index (χ3n) is 5.32. The summed E-state index contributed by atoms with van der Waals surface area (Å²) >= 11 is 0. The fourth-order valence-corrected chi connectivity index (χ4v) is 5.16. The Labute approximate surface area is 187 Å². The van der Waals surface area contributed by atoms with Gasteiger partial charge in [0.2, 0.25) is 0 Å². The van der Waals surface area contributed by atoms with E-state index in [0.717, 1.165) is 0 Å². The van der Waals surface area contributed by atoms with Crippen LogP contribution in [0.3, 0.4) is 0 Å². The molecule has 2 heterocycles. The highest BCUT2D eigenvalue weighted by Crippen LogP contribution is 2.54. The molecular formula is C23H26NO7P. The van der Waals surface area contributed by atoms with E-state index in [-0.39, 0.29) is 23.5 Å². The molecule has 5 rings (SSSR count). The smallest absolute Gasteiger partial charge is 0.444 e. The molecule has 0 radical (unpaired) electrons. The average Bonchev–Trinajstić information content (AvgIpc) is 3.28. The first-order valence-electron chi connectivity index (χ1n) is 10.5. The molecule has 0 aromatic heterocycles. The van der Waals surface area contributed by atoms with E-state index in [9.17, 15) is 14.2 Å². The van der Waals surface area contributed by atoms with Gasteiger partial charge in [-0.05, 0) is 57.4 Å². The number of carbonyl (C=O) groups excluding carboxylic acids is 2. The van der Waals surface area contributed by atoms with Crippen LogP contribution in [0.25, 0.3) is 0 Å². The van der Waals surface area contributed by atoms with Gasteiger partial charge in [-0.2, -0.15) is 4.57 Å². The van der Waals surface area contributed by atoms with Gasteiger partial charge in [-0.3, -0.25) is 4.79 Å². The van der Waals surface area contributed by atoms with Crippen LogP contribution in [0.1, 0.15) is 27.2 Å². The van der Waals surface area contributed by atoms with Crippen molar-refractivity contribution in [2.45, 2.75) is 38.8 Å². The number of fused-ring (bicyclic) bond motifs is 1. The summed E-state index contributed by atoms with van der Waals surface area (Å²) in [6.07, 6.45) is 0.201. The number of ether oxygens (including phenoxy) is 1. The first-order chi connectivity index (χ1) is 15.1. The van der Waals surface area contributed by atoms with Crippen molar-refractivity contribution in [1.82, 2.24) is 4.90 Å². The summed E-state index contributed by atoms with van der Waals surface area (Å²) in [4.78, 5) is 27.0. The second-order valence-electron chi connectivity index (χ2n) is 8.89. The summed E-state index contributed by atoms with van der Waals surface area (Å²) in [7, 11) is -4.34. The first-order valence-corrected chi connectivity index (χ1v) is 11.9. The van der Waals surface area contributed by atoms with Gasteiger partial charge in [-0.25, -0.2) is 4.79 Å². The molecule has 3 fully saturated rings. The fourth-order valence-electron chi connectivity index (χ4n) is 3.95. The topological polar surface area (TPSA) is 91.4 Å². The Morgan fingerprint density at radius 3 is 1.97 bits per heavy atom. The molecule has 0 N–H and O–H groups in total. The standard InChI is InChI=1S/C23H26NO7P/c1-23(2,3)28-22(26)24-15-16-14-19(24)20(16)21(25)31-32(27,29-17-10-6-4-7-11-17)30-18-12-8-5-9-13-18/h4-13,16,19-20H,14-15H2,1-3H3/t16-,19-,20+/m0/s1. The zero-order valence-corrected chi connectivity index (χ0v) is 19.1. The lowest BCUT2D eigenvalue weighted by atomic mass is 9.74. The van der Waals surface area contributed by atoms with E-state index in [1.807, 2.05) is 0 Å². The van der Waals surface area contributed by atoms with Gasteiger partial charge >= 0.3 is 19.9 Å². The molecule has 2 aromatic carbocycles. The summed E-state index contributed by atoms with van der Waals surface area (Å²) in [5.74, 6) is -0.915. The van der Waals surface area contributed by atoms with Crippen LogP contribution >= 0.6 is 7.82 Å². The molecule has 32 heavy (non-hydrogen) atoms. The van der Waals surface area contributed by atoms with Crippen molar-refractivity contribution in [1.29, 1.82) is 0 Å². The number of carbonyl (C=O) groups is 2. The monoisotopic (exact) mass is 459 g/mol. The minimum atomic E-state index is -4.34. The number of nitrogens with zero attached hydrogens (tertiary/aromatic N) is 1. The number of rotatable bonds is 6. The molecule has 8 nitrogen and oxygen atoms in total. The van der Waals surface area contributed by atoms with Crippen LogP contribution in [-0.4, -0.2) is 35.2 Å². The molecule has 2 bridgehead atoms. The molecule has 1 saturated carbocycles. The van der Waals surface area contributed by atoms with Gasteiger partial charge < -0.3 is 23.2 Å². The quantitative estimate of drug-likeness (QED) is 0.558. The maximum absolute atomic E-state index is 13.5. The molecule has 2 aliphatic heterocycles. The van der Waals surface area contributed by atoms with Crippen LogP contribution in [0, 0.1) is 11.8 Å². The van der Waals surface area contributed by atoms with Crippen LogP contribution in [0.15, 0.2) is 60.7 Å². The first kappa shape index (κ1) is 22.2. The minimum Gasteiger partial charge on any atom is -0.444 e.